The number of piperidine rings is 1. The van der Waals surface area contributed by atoms with Crippen molar-refractivity contribution in [2.24, 2.45) is 4.99 Å². The lowest BCUT2D eigenvalue weighted by atomic mass is 9.99. The van der Waals surface area contributed by atoms with Crippen LogP contribution in [0.5, 0.6) is 5.88 Å². The van der Waals surface area contributed by atoms with Crippen LogP contribution in [0.1, 0.15) is 53.2 Å². The van der Waals surface area contributed by atoms with Crippen molar-refractivity contribution in [3.8, 4) is 5.88 Å². The molecule has 0 bridgehead atoms. The molecule has 2 heterocycles. The van der Waals surface area contributed by atoms with Crippen molar-refractivity contribution in [2.45, 2.75) is 32.7 Å². The first-order valence-corrected chi connectivity index (χ1v) is 13.1. The Morgan fingerprint density at radius 1 is 0.973 bits per heavy atom. The van der Waals surface area contributed by atoms with Gasteiger partial charge in [0, 0.05) is 42.2 Å². The zero-order valence-electron chi connectivity index (χ0n) is 21.6. The van der Waals surface area contributed by atoms with Gasteiger partial charge in [0.25, 0.3) is 5.91 Å². The van der Waals surface area contributed by atoms with Crippen LogP contribution >= 0.6 is 0 Å². The van der Waals surface area contributed by atoms with Gasteiger partial charge in [0.2, 0.25) is 0 Å². The van der Waals surface area contributed by atoms with E-state index in [1.54, 1.807) is 18.0 Å². The molecule has 37 heavy (non-hydrogen) atoms. The topological polar surface area (TPSA) is 71.9 Å². The molecule has 1 aliphatic rings. The number of aromatic amines is 1. The summed E-state index contributed by atoms with van der Waals surface area (Å²) >= 11 is 0. The van der Waals surface area contributed by atoms with Gasteiger partial charge in [0.05, 0.1) is 17.0 Å². The van der Waals surface area contributed by atoms with Crippen LogP contribution in [0.25, 0.3) is 10.9 Å². The third-order valence-electron chi connectivity index (χ3n) is 7.16. The number of amides is 1. The van der Waals surface area contributed by atoms with E-state index >= 15 is 0 Å². The fourth-order valence-electron chi connectivity index (χ4n) is 4.96. The van der Waals surface area contributed by atoms with Gasteiger partial charge in [-0.3, -0.25) is 9.69 Å². The highest BCUT2D eigenvalue weighted by Gasteiger charge is 2.21. The Kier molecular flexibility index (Phi) is 7.37. The smallest absolute Gasteiger partial charge is 0.253 e. The largest absolute Gasteiger partial charge is 0.494 e. The minimum absolute atomic E-state index is 0.0350. The first kappa shape index (κ1) is 24.8. The predicted molar refractivity (Wildman–Crippen MR) is 150 cm³/mol. The van der Waals surface area contributed by atoms with E-state index in [1.807, 2.05) is 61.5 Å². The molecule has 0 aliphatic carbocycles. The molecule has 6 nitrogen and oxygen atoms in total. The van der Waals surface area contributed by atoms with Crippen molar-refractivity contribution in [1.82, 2.24) is 14.8 Å². The molecule has 1 amide bonds. The van der Waals surface area contributed by atoms with Gasteiger partial charge in [-0.05, 0) is 68.8 Å². The van der Waals surface area contributed by atoms with Crippen LogP contribution in [0, 0.1) is 0 Å². The zero-order valence-corrected chi connectivity index (χ0v) is 21.6. The number of aromatic nitrogens is 1. The van der Waals surface area contributed by atoms with E-state index in [0.717, 1.165) is 41.8 Å². The maximum atomic E-state index is 12.9. The molecule has 0 unspecified atom stereocenters. The van der Waals surface area contributed by atoms with Crippen molar-refractivity contribution in [3.05, 3.63) is 95.1 Å². The van der Waals surface area contributed by atoms with Gasteiger partial charge in [0.1, 0.15) is 0 Å². The number of H-pyrrole nitrogens is 1. The molecule has 1 saturated heterocycles. The molecular formula is C31H34N4O2. The summed E-state index contributed by atoms with van der Waals surface area (Å²) in [6.45, 7) is 5.85. The van der Waals surface area contributed by atoms with E-state index in [-0.39, 0.29) is 11.8 Å². The molecule has 190 valence electrons. The molecule has 6 heteroatoms. The number of benzene rings is 3. The lowest BCUT2D eigenvalue weighted by Gasteiger charge is -2.26. The number of aliphatic imine (C=N–C) groups is 1. The number of carbonyl (C=O) groups is 1. The van der Waals surface area contributed by atoms with E-state index in [0.29, 0.717) is 23.4 Å². The van der Waals surface area contributed by atoms with Crippen molar-refractivity contribution in [3.63, 3.8) is 0 Å². The molecule has 0 spiro atoms. The van der Waals surface area contributed by atoms with E-state index in [1.165, 1.54) is 24.8 Å². The number of carbonyl (C=O) groups excluding carboxylic acids is 1. The second-order valence-corrected chi connectivity index (χ2v) is 9.76. The molecule has 4 aromatic rings. The van der Waals surface area contributed by atoms with E-state index in [2.05, 4.69) is 22.0 Å². The second-order valence-electron chi connectivity index (χ2n) is 9.76. The molecule has 2 N–H and O–H groups in total. The Labute approximate surface area is 218 Å². The highest BCUT2D eigenvalue weighted by Crippen LogP contribution is 2.32. The van der Waals surface area contributed by atoms with Crippen LogP contribution in [0.15, 0.2) is 77.8 Å². The van der Waals surface area contributed by atoms with Gasteiger partial charge in [0.15, 0.2) is 5.88 Å². The number of likely N-dealkylation sites (tertiary alicyclic amines) is 1. The quantitative estimate of drug-likeness (QED) is 0.304. The number of rotatable bonds is 7. The monoisotopic (exact) mass is 494 g/mol. The first-order chi connectivity index (χ1) is 18.0. The Balaban J connectivity index is 1.55. The average molecular weight is 495 g/mol. The number of fused-ring (bicyclic) bond motifs is 1. The van der Waals surface area contributed by atoms with Gasteiger partial charge < -0.3 is 15.0 Å². The summed E-state index contributed by atoms with van der Waals surface area (Å²) in [7, 11) is 1.79. The normalized spacial score (nSPS) is 14.7. The van der Waals surface area contributed by atoms with Crippen LogP contribution in [0.2, 0.25) is 0 Å². The molecule has 1 aliphatic heterocycles. The summed E-state index contributed by atoms with van der Waals surface area (Å²) in [4.78, 5) is 25.1. The number of nitrogens with zero attached hydrogens (tertiary/aromatic N) is 3. The standard InChI is InChI=1S/C31H34N4O2/c1-3-34(2)31(37)24-14-17-27-26(20-24)28(30(36)33-27)29(23-10-6-4-7-11-23)32-25-15-12-22(13-16-25)21-35-18-8-5-9-19-35/h4,6-7,10-17,20,33,36H,3,5,8-9,18-19,21H2,1-2H3. The SMILES string of the molecule is CCN(C)C(=O)c1ccc2[nH]c(O)c(C(=Nc3ccc(CN4CCCCC4)cc3)c3ccccc3)c2c1. The number of nitrogens with one attached hydrogen (secondary N) is 1. The van der Waals surface area contributed by atoms with E-state index in [4.69, 9.17) is 4.99 Å². The first-order valence-electron chi connectivity index (χ1n) is 13.1. The molecule has 0 radical (unpaired) electrons. The lowest BCUT2D eigenvalue weighted by molar-refractivity contribution is 0.0802. The second kappa shape index (κ2) is 11.0. The van der Waals surface area contributed by atoms with Crippen molar-refractivity contribution in [1.29, 1.82) is 0 Å². The molecule has 5 rings (SSSR count). The summed E-state index contributed by atoms with van der Waals surface area (Å²) < 4.78 is 0. The summed E-state index contributed by atoms with van der Waals surface area (Å²) in [5, 5.41) is 11.8. The average Bonchev–Trinajstić information content (AvgIpc) is 3.27. The van der Waals surface area contributed by atoms with Gasteiger partial charge in [-0.15, -0.1) is 0 Å². The third kappa shape index (κ3) is 5.44. The van der Waals surface area contributed by atoms with Crippen LogP contribution in [0.3, 0.4) is 0 Å². The highest BCUT2D eigenvalue weighted by atomic mass is 16.3. The molecule has 0 atom stereocenters. The van der Waals surface area contributed by atoms with Crippen LogP contribution in [-0.2, 0) is 6.54 Å². The molecule has 3 aromatic carbocycles. The maximum Gasteiger partial charge on any atom is 0.253 e. The predicted octanol–water partition coefficient (Wildman–Crippen LogP) is 6.12. The summed E-state index contributed by atoms with van der Waals surface area (Å²) in [6.07, 6.45) is 3.88. The Morgan fingerprint density at radius 2 is 1.70 bits per heavy atom. The minimum atomic E-state index is -0.0569. The van der Waals surface area contributed by atoms with E-state index < -0.39 is 0 Å². The van der Waals surface area contributed by atoms with Crippen molar-refractivity contribution in [2.75, 3.05) is 26.7 Å². The number of hydrogen-bond acceptors (Lipinski definition) is 4. The molecule has 1 fully saturated rings. The highest BCUT2D eigenvalue weighted by molar-refractivity contribution is 6.22. The van der Waals surface area contributed by atoms with Gasteiger partial charge >= 0.3 is 0 Å². The van der Waals surface area contributed by atoms with Crippen LogP contribution < -0.4 is 0 Å². The van der Waals surface area contributed by atoms with Crippen molar-refractivity contribution >= 4 is 28.2 Å². The van der Waals surface area contributed by atoms with Gasteiger partial charge in [-0.1, -0.05) is 48.9 Å². The number of aromatic hydroxyl groups is 1. The summed E-state index contributed by atoms with van der Waals surface area (Å²) in [6, 6.07) is 23.7. The Bertz CT molecular complexity index is 1400. The molecular weight excluding hydrogens is 460 g/mol. The summed E-state index contributed by atoms with van der Waals surface area (Å²) in [5.74, 6) is -0.0219. The maximum absolute atomic E-state index is 12.9. The van der Waals surface area contributed by atoms with E-state index in [9.17, 15) is 9.90 Å². The molecule has 1 aromatic heterocycles. The van der Waals surface area contributed by atoms with Gasteiger partial charge in [-0.2, -0.15) is 0 Å². The Hall–Kier alpha value is -3.90. The van der Waals surface area contributed by atoms with Crippen LogP contribution in [0.4, 0.5) is 5.69 Å². The lowest BCUT2D eigenvalue weighted by Crippen LogP contribution is -2.28. The Morgan fingerprint density at radius 3 is 2.41 bits per heavy atom. The third-order valence-corrected chi connectivity index (χ3v) is 7.16. The minimum Gasteiger partial charge on any atom is -0.494 e. The summed E-state index contributed by atoms with van der Waals surface area (Å²) in [5.41, 5.74) is 5.55. The number of hydrogen-bond donors (Lipinski definition) is 2. The zero-order chi connectivity index (χ0) is 25.8. The van der Waals surface area contributed by atoms with Gasteiger partial charge in [-0.25, -0.2) is 4.99 Å². The molecule has 0 saturated carbocycles. The van der Waals surface area contributed by atoms with Crippen molar-refractivity contribution < 1.29 is 9.90 Å². The fourth-order valence-corrected chi connectivity index (χ4v) is 4.96. The van der Waals surface area contributed by atoms with Crippen LogP contribution in [-0.4, -0.2) is 58.2 Å². The fraction of sp³-hybridized carbons (Fsp3) is 0.290.